The molecule has 138 valence electrons. The number of carbonyl (C=O) groups is 2. The molecule has 1 N–H and O–H groups in total. The maximum Gasteiger partial charge on any atom is 0.313 e. The quantitative estimate of drug-likeness (QED) is 0.829. The molecule has 1 aliphatic rings. The lowest BCUT2D eigenvalue weighted by atomic mass is 9.88. The summed E-state index contributed by atoms with van der Waals surface area (Å²) in [6.07, 6.45) is 2.49. The Labute approximate surface area is 153 Å². The van der Waals surface area contributed by atoms with E-state index in [9.17, 15) is 14.7 Å². The van der Waals surface area contributed by atoms with Crippen molar-refractivity contribution in [1.82, 2.24) is 4.90 Å². The van der Waals surface area contributed by atoms with Crippen LogP contribution in [0.1, 0.15) is 24.8 Å². The number of amides is 1. The van der Waals surface area contributed by atoms with E-state index >= 15 is 0 Å². The molecule has 0 aliphatic carbocycles. The van der Waals surface area contributed by atoms with E-state index in [1.807, 2.05) is 12.1 Å². The van der Waals surface area contributed by atoms with E-state index in [4.69, 9.17) is 4.74 Å². The first-order chi connectivity index (χ1) is 12.5. The number of aryl methyl sites for hydroxylation is 1. The Morgan fingerprint density at radius 2 is 1.96 bits per heavy atom. The van der Waals surface area contributed by atoms with Crippen LogP contribution in [0.4, 0.5) is 0 Å². The van der Waals surface area contributed by atoms with Gasteiger partial charge in [0.25, 0.3) is 0 Å². The zero-order valence-corrected chi connectivity index (χ0v) is 15.1. The fourth-order valence-electron chi connectivity index (χ4n) is 3.71. The lowest BCUT2D eigenvalue weighted by Crippen LogP contribution is -2.40. The molecule has 1 saturated heterocycles. The molecule has 5 nitrogen and oxygen atoms in total. The van der Waals surface area contributed by atoms with Crippen LogP contribution in [0.15, 0.2) is 42.5 Å². The van der Waals surface area contributed by atoms with Crippen LogP contribution in [0.2, 0.25) is 0 Å². The summed E-state index contributed by atoms with van der Waals surface area (Å²) in [4.78, 5) is 25.7. The first kappa shape index (κ1) is 18.4. The highest BCUT2D eigenvalue weighted by Gasteiger charge is 2.46. The number of carboxylic acids is 1. The van der Waals surface area contributed by atoms with Crippen molar-refractivity contribution in [3.63, 3.8) is 0 Å². The Morgan fingerprint density at radius 3 is 2.69 bits per heavy atom. The van der Waals surface area contributed by atoms with Gasteiger partial charge >= 0.3 is 5.97 Å². The maximum absolute atomic E-state index is 12.5. The Morgan fingerprint density at radius 1 is 1.19 bits per heavy atom. The summed E-state index contributed by atoms with van der Waals surface area (Å²) in [5, 5.41) is 11.9. The van der Waals surface area contributed by atoms with Crippen LogP contribution in [-0.2, 0) is 20.7 Å². The molecule has 5 heteroatoms. The molecule has 1 atom stereocenters. The Kier molecular flexibility index (Phi) is 5.57. The summed E-state index contributed by atoms with van der Waals surface area (Å²) < 4.78 is 5.07. The first-order valence-electron chi connectivity index (χ1n) is 9.02. The molecule has 0 saturated carbocycles. The molecule has 2 aromatic carbocycles. The van der Waals surface area contributed by atoms with Crippen molar-refractivity contribution in [2.75, 3.05) is 26.8 Å². The number of fused-ring (bicyclic) bond motifs is 1. The third-order valence-electron chi connectivity index (χ3n) is 5.25. The van der Waals surface area contributed by atoms with Crippen LogP contribution in [0.25, 0.3) is 10.8 Å². The van der Waals surface area contributed by atoms with Crippen LogP contribution in [0, 0.1) is 5.41 Å². The second-order valence-electron chi connectivity index (χ2n) is 7.12. The number of carbonyl (C=O) groups excluding carboxylic acids is 1. The van der Waals surface area contributed by atoms with E-state index in [0.717, 1.165) is 12.8 Å². The SMILES string of the molecule is COCC1(C(=O)O)CCN(C(=O)CCCc2ccc3ccccc3c2)C1. The van der Waals surface area contributed by atoms with Gasteiger partial charge in [0.1, 0.15) is 5.41 Å². The number of nitrogens with zero attached hydrogens (tertiary/aromatic N) is 1. The number of carboxylic acid groups (broad SMARTS) is 1. The van der Waals surface area contributed by atoms with Gasteiger partial charge in [-0.25, -0.2) is 0 Å². The van der Waals surface area contributed by atoms with Gasteiger partial charge < -0.3 is 14.7 Å². The number of likely N-dealkylation sites (tertiary alicyclic amines) is 1. The molecule has 0 aromatic heterocycles. The second-order valence-corrected chi connectivity index (χ2v) is 7.12. The average molecular weight is 355 g/mol. The lowest BCUT2D eigenvalue weighted by molar-refractivity contribution is -0.151. The molecule has 1 fully saturated rings. The Hall–Kier alpha value is -2.40. The van der Waals surface area contributed by atoms with Crippen molar-refractivity contribution in [3.05, 3.63) is 48.0 Å². The second kappa shape index (κ2) is 7.87. The smallest absolute Gasteiger partial charge is 0.313 e. The number of methoxy groups -OCH3 is 1. The van der Waals surface area contributed by atoms with Crippen molar-refractivity contribution in [1.29, 1.82) is 0 Å². The summed E-state index contributed by atoms with van der Waals surface area (Å²) in [5.74, 6) is -0.851. The van der Waals surface area contributed by atoms with Gasteiger partial charge in [0.05, 0.1) is 6.61 Å². The number of hydrogen-bond donors (Lipinski definition) is 1. The average Bonchev–Trinajstić information content (AvgIpc) is 3.08. The van der Waals surface area contributed by atoms with E-state index in [0.29, 0.717) is 19.4 Å². The maximum atomic E-state index is 12.5. The molecule has 1 amide bonds. The highest BCUT2D eigenvalue weighted by atomic mass is 16.5. The third-order valence-corrected chi connectivity index (χ3v) is 5.25. The van der Waals surface area contributed by atoms with Gasteiger partial charge in [0.15, 0.2) is 0 Å². The standard InChI is InChI=1S/C21H25NO4/c1-26-15-21(20(24)25)11-12-22(14-21)19(23)8-4-5-16-9-10-17-6-2-3-7-18(17)13-16/h2-3,6-7,9-10,13H,4-5,8,11-12,14-15H2,1H3,(H,24,25). The van der Waals surface area contributed by atoms with Crippen molar-refractivity contribution < 1.29 is 19.4 Å². The molecule has 0 bridgehead atoms. The molecular weight excluding hydrogens is 330 g/mol. The summed E-state index contributed by atoms with van der Waals surface area (Å²) in [6, 6.07) is 14.6. The molecule has 2 aromatic rings. The van der Waals surface area contributed by atoms with Gasteiger partial charge in [-0.2, -0.15) is 0 Å². The largest absolute Gasteiger partial charge is 0.481 e. The molecule has 26 heavy (non-hydrogen) atoms. The zero-order valence-electron chi connectivity index (χ0n) is 15.1. The van der Waals surface area contributed by atoms with Crippen molar-refractivity contribution in [2.45, 2.75) is 25.7 Å². The summed E-state index contributed by atoms with van der Waals surface area (Å²) in [5.41, 5.74) is 0.264. The number of rotatable bonds is 7. The number of hydrogen-bond acceptors (Lipinski definition) is 3. The molecule has 1 unspecified atom stereocenters. The topological polar surface area (TPSA) is 66.8 Å². The molecule has 1 heterocycles. The van der Waals surface area contributed by atoms with Crippen LogP contribution in [-0.4, -0.2) is 48.7 Å². The van der Waals surface area contributed by atoms with Crippen molar-refractivity contribution >= 4 is 22.6 Å². The Bertz CT molecular complexity index is 803. The molecule has 3 rings (SSSR count). The summed E-state index contributed by atoms with van der Waals surface area (Å²) in [6.45, 7) is 0.874. The summed E-state index contributed by atoms with van der Waals surface area (Å²) in [7, 11) is 1.50. The Balaban J connectivity index is 1.53. The van der Waals surface area contributed by atoms with E-state index < -0.39 is 11.4 Å². The van der Waals surface area contributed by atoms with Crippen LogP contribution in [0.5, 0.6) is 0 Å². The predicted molar refractivity (Wildman–Crippen MR) is 100 cm³/mol. The van der Waals surface area contributed by atoms with Crippen LogP contribution >= 0.6 is 0 Å². The third kappa shape index (κ3) is 3.88. The van der Waals surface area contributed by atoms with E-state index in [1.54, 1.807) is 4.90 Å². The van der Waals surface area contributed by atoms with Gasteiger partial charge in [0, 0.05) is 26.6 Å². The van der Waals surface area contributed by atoms with Crippen molar-refractivity contribution in [2.24, 2.45) is 5.41 Å². The summed E-state index contributed by atoms with van der Waals surface area (Å²) >= 11 is 0. The van der Waals surface area contributed by atoms with E-state index in [2.05, 4.69) is 30.3 Å². The van der Waals surface area contributed by atoms with E-state index in [1.165, 1.54) is 23.4 Å². The normalized spacial score (nSPS) is 19.8. The van der Waals surface area contributed by atoms with Gasteiger partial charge in [-0.3, -0.25) is 9.59 Å². The minimum atomic E-state index is -0.956. The van der Waals surface area contributed by atoms with Crippen LogP contribution < -0.4 is 0 Å². The lowest BCUT2D eigenvalue weighted by Gasteiger charge is -2.23. The minimum absolute atomic E-state index is 0.0324. The monoisotopic (exact) mass is 355 g/mol. The molecule has 1 aliphatic heterocycles. The fourth-order valence-corrected chi connectivity index (χ4v) is 3.71. The van der Waals surface area contributed by atoms with E-state index in [-0.39, 0.29) is 19.1 Å². The van der Waals surface area contributed by atoms with Gasteiger partial charge in [-0.05, 0) is 35.6 Å². The molecular formula is C21H25NO4. The zero-order chi connectivity index (χ0) is 18.6. The molecule has 0 radical (unpaired) electrons. The fraction of sp³-hybridized carbons (Fsp3) is 0.429. The van der Waals surface area contributed by atoms with Crippen molar-refractivity contribution in [3.8, 4) is 0 Å². The van der Waals surface area contributed by atoms with Gasteiger partial charge in [-0.1, -0.05) is 42.5 Å². The number of ether oxygens (including phenoxy) is 1. The number of aliphatic carboxylic acids is 1. The first-order valence-corrected chi connectivity index (χ1v) is 9.02. The molecule has 0 spiro atoms. The van der Waals surface area contributed by atoms with Crippen LogP contribution in [0.3, 0.4) is 0 Å². The minimum Gasteiger partial charge on any atom is -0.481 e. The highest BCUT2D eigenvalue weighted by Crippen LogP contribution is 2.31. The van der Waals surface area contributed by atoms with Gasteiger partial charge in [-0.15, -0.1) is 0 Å². The highest BCUT2D eigenvalue weighted by molar-refractivity contribution is 5.83. The predicted octanol–water partition coefficient (Wildman–Crippen LogP) is 3.11. The number of benzene rings is 2. The van der Waals surface area contributed by atoms with Gasteiger partial charge in [0.2, 0.25) is 5.91 Å².